The summed E-state index contributed by atoms with van der Waals surface area (Å²) < 4.78 is 0. The second-order valence-corrected chi connectivity index (χ2v) is 4.75. The van der Waals surface area contributed by atoms with Crippen molar-refractivity contribution in [3.63, 3.8) is 0 Å². The van der Waals surface area contributed by atoms with Gasteiger partial charge in [-0.25, -0.2) is 0 Å². The van der Waals surface area contributed by atoms with Crippen LogP contribution in [0.1, 0.15) is 30.1 Å². The maximum atomic E-state index is 12.2. The first kappa shape index (κ1) is 11.8. The highest BCUT2D eigenvalue weighted by Crippen LogP contribution is 2.23. The van der Waals surface area contributed by atoms with Crippen molar-refractivity contribution >= 4 is 11.6 Å². The number of carbonyl (C=O) groups is 1. The van der Waals surface area contributed by atoms with Gasteiger partial charge < -0.3 is 15.7 Å². The maximum absolute atomic E-state index is 12.2. The molecule has 1 saturated heterocycles. The van der Waals surface area contributed by atoms with E-state index in [1.807, 2.05) is 4.90 Å². The van der Waals surface area contributed by atoms with Gasteiger partial charge >= 0.3 is 0 Å². The van der Waals surface area contributed by atoms with Crippen LogP contribution in [0.3, 0.4) is 0 Å². The van der Waals surface area contributed by atoms with Gasteiger partial charge in [-0.2, -0.15) is 0 Å². The zero-order valence-corrected chi connectivity index (χ0v) is 10.0. The van der Waals surface area contributed by atoms with E-state index in [1.165, 1.54) is 12.1 Å². The number of amides is 1. The number of nitrogen functional groups attached to an aromatic ring is 1. The lowest BCUT2D eigenvalue weighted by Gasteiger charge is -2.30. The van der Waals surface area contributed by atoms with E-state index in [-0.39, 0.29) is 11.7 Å². The number of phenolic OH excluding ortho intramolecular Hbond substituents is 1. The summed E-state index contributed by atoms with van der Waals surface area (Å²) in [6.07, 6.45) is 2.06. The van der Waals surface area contributed by atoms with E-state index in [4.69, 9.17) is 5.73 Å². The van der Waals surface area contributed by atoms with Crippen LogP contribution in [-0.2, 0) is 0 Å². The molecular weight excluding hydrogens is 216 g/mol. The lowest BCUT2D eigenvalue weighted by Crippen LogP contribution is -2.38. The fourth-order valence-corrected chi connectivity index (χ4v) is 2.11. The quantitative estimate of drug-likeness (QED) is 0.575. The van der Waals surface area contributed by atoms with Crippen molar-refractivity contribution in [1.29, 1.82) is 0 Å². The number of piperidine rings is 1. The fraction of sp³-hybridized carbons (Fsp3) is 0.462. The van der Waals surface area contributed by atoms with Crippen molar-refractivity contribution < 1.29 is 9.90 Å². The molecule has 1 aromatic carbocycles. The first-order valence-corrected chi connectivity index (χ1v) is 5.95. The predicted molar refractivity (Wildman–Crippen MR) is 66.8 cm³/mol. The van der Waals surface area contributed by atoms with E-state index >= 15 is 0 Å². The zero-order valence-electron chi connectivity index (χ0n) is 10.0. The lowest BCUT2D eigenvalue weighted by molar-refractivity contribution is 0.0698. The van der Waals surface area contributed by atoms with Crippen molar-refractivity contribution in [2.45, 2.75) is 19.8 Å². The molecular formula is C13H18N2O2. The molecule has 1 amide bonds. The number of carbonyl (C=O) groups excluding carboxylic acids is 1. The molecule has 1 heterocycles. The summed E-state index contributed by atoms with van der Waals surface area (Å²) in [5.41, 5.74) is 6.59. The van der Waals surface area contributed by atoms with Crippen LogP contribution in [0.15, 0.2) is 18.2 Å². The van der Waals surface area contributed by atoms with Gasteiger partial charge in [-0.15, -0.1) is 0 Å². The minimum atomic E-state index is -0.0784. The van der Waals surface area contributed by atoms with Crippen LogP contribution in [0, 0.1) is 5.92 Å². The highest BCUT2D eigenvalue weighted by molar-refractivity contribution is 5.99. The summed E-state index contributed by atoms with van der Waals surface area (Å²) in [6, 6.07) is 4.50. The highest BCUT2D eigenvalue weighted by Gasteiger charge is 2.22. The van der Waals surface area contributed by atoms with Crippen LogP contribution in [0.4, 0.5) is 5.69 Å². The Morgan fingerprint density at radius 3 is 2.71 bits per heavy atom. The number of benzene rings is 1. The summed E-state index contributed by atoms with van der Waals surface area (Å²) in [4.78, 5) is 14.0. The van der Waals surface area contributed by atoms with Gasteiger partial charge in [0.25, 0.3) is 5.91 Å². The Morgan fingerprint density at radius 2 is 2.06 bits per heavy atom. The van der Waals surface area contributed by atoms with Crippen molar-refractivity contribution in [1.82, 2.24) is 4.90 Å². The molecule has 2 rings (SSSR count). The van der Waals surface area contributed by atoms with Gasteiger partial charge in [-0.1, -0.05) is 6.92 Å². The molecule has 92 valence electrons. The number of aromatic hydroxyl groups is 1. The average molecular weight is 234 g/mol. The van der Waals surface area contributed by atoms with Crippen molar-refractivity contribution in [3.05, 3.63) is 23.8 Å². The third-order valence-electron chi connectivity index (χ3n) is 3.34. The van der Waals surface area contributed by atoms with E-state index in [1.54, 1.807) is 6.07 Å². The number of rotatable bonds is 1. The summed E-state index contributed by atoms with van der Waals surface area (Å²) in [5.74, 6) is 0.679. The van der Waals surface area contributed by atoms with E-state index in [2.05, 4.69) is 6.92 Å². The minimum Gasteiger partial charge on any atom is -0.508 e. The van der Waals surface area contributed by atoms with Gasteiger partial charge in [0.1, 0.15) is 5.75 Å². The Hall–Kier alpha value is -1.71. The third-order valence-corrected chi connectivity index (χ3v) is 3.34. The standard InChI is InChI=1S/C13H18N2O2/c1-9-4-6-15(7-5-9)13(17)11-8-10(16)2-3-12(11)14/h2-3,8-9,16H,4-7,14H2,1H3. The van der Waals surface area contributed by atoms with Crippen LogP contribution >= 0.6 is 0 Å². The second-order valence-electron chi connectivity index (χ2n) is 4.75. The molecule has 0 radical (unpaired) electrons. The molecule has 17 heavy (non-hydrogen) atoms. The highest BCUT2D eigenvalue weighted by atomic mass is 16.3. The maximum Gasteiger partial charge on any atom is 0.256 e. The Morgan fingerprint density at radius 1 is 1.41 bits per heavy atom. The summed E-state index contributed by atoms with van der Waals surface area (Å²) in [7, 11) is 0. The van der Waals surface area contributed by atoms with Crippen molar-refractivity contribution in [2.24, 2.45) is 5.92 Å². The van der Waals surface area contributed by atoms with Gasteiger partial charge in [0.05, 0.1) is 5.56 Å². The molecule has 0 aromatic heterocycles. The second kappa shape index (κ2) is 4.65. The molecule has 4 nitrogen and oxygen atoms in total. The monoisotopic (exact) mass is 234 g/mol. The van der Waals surface area contributed by atoms with Gasteiger partial charge in [0.15, 0.2) is 0 Å². The van der Waals surface area contributed by atoms with Crippen molar-refractivity contribution in [3.8, 4) is 5.75 Å². The number of phenols is 1. The number of nitrogens with two attached hydrogens (primary N) is 1. The Labute approximate surface area is 101 Å². The third kappa shape index (κ3) is 2.52. The number of likely N-dealkylation sites (tertiary alicyclic amines) is 1. The summed E-state index contributed by atoms with van der Waals surface area (Å²) in [5, 5.41) is 9.40. The van der Waals surface area contributed by atoms with Crippen molar-refractivity contribution in [2.75, 3.05) is 18.8 Å². The molecule has 3 N–H and O–H groups in total. The SMILES string of the molecule is CC1CCN(C(=O)c2cc(O)ccc2N)CC1. The summed E-state index contributed by atoms with van der Waals surface area (Å²) in [6.45, 7) is 3.74. The lowest BCUT2D eigenvalue weighted by atomic mass is 9.98. The molecule has 4 heteroatoms. The molecule has 1 fully saturated rings. The van der Waals surface area contributed by atoms with Crippen LogP contribution in [0.5, 0.6) is 5.75 Å². The molecule has 1 aromatic rings. The molecule has 0 unspecified atom stereocenters. The average Bonchev–Trinajstić information content (AvgIpc) is 2.32. The molecule has 0 bridgehead atoms. The number of hydrogen-bond acceptors (Lipinski definition) is 3. The molecule has 0 atom stereocenters. The zero-order chi connectivity index (χ0) is 12.4. The van der Waals surface area contributed by atoms with Crippen LogP contribution < -0.4 is 5.73 Å². The van der Waals surface area contributed by atoms with Gasteiger partial charge in [0.2, 0.25) is 0 Å². The first-order chi connectivity index (χ1) is 8.08. The molecule has 1 aliphatic rings. The predicted octanol–water partition coefficient (Wildman–Crippen LogP) is 1.85. The van der Waals surface area contributed by atoms with E-state index in [0.29, 0.717) is 17.2 Å². The van der Waals surface area contributed by atoms with Gasteiger partial charge in [-0.05, 0) is 37.0 Å². The van der Waals surface area contributed by atoms with E-state index < -0.39 is 0 Å². The number of anilines is 1. The Balaban J connectivity index is 2.16. The molecule has 0 aliphatic carbocycles. The largest absolute Gasteiger partial charge is 0.508 e. The van der Waals surface area contributed by atoms with Crippen LogP contribution in [-0.4, -0.2) is 29.0 Å². The fourth-order valence-electron chi connectivity index (χ4n) is 2.11. The van der Waals surface area contributed by atoms with Crippen LogP contribution in [0.2, 0.25) is 0 Å². The van der Waals surface area contributed by atoms with E-state index in [9.17, 15) is 9.90 Å². The smallest absolute Gasteiger partial charge is 0.256 e. The topological polar surface area (TPSA) is 66.6 Å². The molecule has 0 saturated carbocycles. The minimum absolute atomic E-state index is 0.0768. The number of nitrogens with zero attached hydrogens (tertiary/aromatic N) is 1. The van der Waals surface area contributed by atoms with Gasteiger partial charge in [-0.3, -0.25) is 4.79 Å². The first-order valence-electron chi connectivity index (χ1n) is 5.95. The Bertz CT molecular complexity index is 423. The van der Waals surface area contributed by atoms with Gasteiger partial charge in [0, 0.05) is 18.8 Å². The molecule has 0 spiro atoms. The summed E-state index contributed by atoms with van der Waals surface area (Å²) >= 11 is 0. The molecule has 1 aliphatic heterocycles. The Kier molecular flexibility index (Phi) is 3.22. The number of hydrogen-bond donors (Lipinski definition) is 2. The van der Waals surface area contributed by atoms with E-state index in [0.717, 1.165) is 25.9 Å². The normalized spacial score (nSPS) is 17.1. The van der Waals surface area contributed by atoms with Crippen LogP contribution in [0.25, 0.3) is 0 Å².